The van der Waals surface area contributed by atoms with Crippen LogP contribution in [0, 0.1) is 5.41 Å². The van der Waals surface area contributed by atoms with E-state index in [2.05, 4.69) is 10.3 Å². The predicted octanol–water partition coefficient (Wildman–Crippen LogP) is 3.53. The number of benzene rings is 2. The van der Waals surface area contributed by atoms with Crippen LogP contribution in [0.4, 0.5) is 10.5 Å². The number of rotatable bonds is 8. The van der Waals surface area contributed by atoms with Crippen LogP contribution < -0.4 is 10.9 Å². The van der Waals surface area contributed by atoms with Crippen molar-refractivity contribution >= 4 is 24.4 Å². The summed E-state index contributed by atoms with van der Waals surface area (Å²) in [5.74, 6) is 0.180. The fourth-order valence-electron chi connectivity index (χ4n) is 3.10. The first-order valence-electron chi connectivity index (χ1n) is 9.86. The number of hydrogen-bond acceptors (Lipinski definition) is 6. The Morgan fingerprint density at radius 2 is 1.78 bits per heavy atom. The van der Waals surface area contributed by atoms with Crippen LogP contribution in [0.3, 0.4) is 0 Å². The van der Waals surface area contributed by atoms with Crippen molar-refractivity contribution in [1.82, 2.24) is 9.55 Å². The molecule has 32 heavy (non-hydrogen) atoms. The zero-order valence-electron chi connectivity index (χ0n) is 17.6. The number of amides is 1. The topological polar surface area (TPSA) is 107 Å². The Morgan fingerprint density at radius 1 is 1.16 bits per heavy atom. The van der Waals surface area contributed by atoms with E-state index in [0.717, 1.165) is 10.1 Å². The molecule has 3 aromatic rings. The number of aldehydes is 1. The summed E-state index contributed by atoms with van der Waals surface area (Å²) in [6, 6.07) is 16.6. The SMILES string of the molecule is CC(C)([C]=O)C(C=O)n1c(-c2ccccc2)ncc(NC(=O)OCc2ccccc2)c1=O. The minimum Gasteiger partial charge on any atom is -0.444 e. The van der Waals surface area contributed by atoms with Crippen molar-refractivity contribution in [2.75, 3.05) is 5.32 Å². The van der Waals surface area contributed by atoms with E-state index in [1.165, 1.54) is 20.0 Å². The van der Waals surface area contributed by atoms with Crippen molar-refractivity contribution in [3.8, 4) is 11.4 Å². The molecule has 0 aliphatic heterocycles. The summed E-state index contributed by atoms with van der Waals surface area (Å²) in [6.45, 7) is 3.00. The Balaban J connectivity index is 1.98. The van der Waals surface area contributed by atoms with E-state index < -0.39 is 23.1 Å². The van der Waals surface area contributed by atoms with Crippen molar-refractivity contribution in [3.05, 3.63) is 82.8 Å². The normalized spacial score (nSPS) is 11.9. The maximum absolute atomic E-state index is 13.3. The third-order valence-corrected chi connectivity index (χ3v) is 4.88. The molecule has 0 aliphatic carbocycles. The molecule has 1 atom stereocenters. The van der Waals surface area contributed by atoms with Crippen molar-refractivity contribution in [1.29, 1.82) is 0 Å². The van der Waals surface area contributed by atoms with Gasteiger partial charge in [0.25, 0.3) is 5.56 Å². The number of nitrogens with one attached hydrogen (secondary N) is 1. The van der Waals surface area contributed by atoms with E-state index in [1.54, 1.807) is 42.5 Å². The first kappa shape index (κ1) is 22.6. The molecule has 8 heteroatoms. The van der Waals surface area contributed by atoms with E-state index in [0.29, 0.717) is 11.8 Å². The fourth-order valence-corrected chi connectivity index (χ4v) is 3.10. The number of carbonyl (C=O) groups excluding carboxylic acids is 3. The number of carbonyl (C=O) groups is 2. The van der Waals surface area contributed by atoms with Gasteiger partial charge in [0.05, 0.1) is 11.6 Å². The Kier molecular flexibility index (Phi) is 6.94. The summed E-state index contributed by atoms with van der Waals surface area (Å²) in [4.78, 5) is 53.4. The monoisotopic (exact) mass is 432 g/mol. The van der Waals surface area contributed by atoms with Crippen LogP contribution in [0.25, 0.3) is 11.4 Å². The molecule has 1 aromatic heterocycles. The van der Waals surface area contributed by atoms with Gasteiger partial charge >= 0.3 is 6.09 Å². The molecule has 0 aliphatic rings. The Labute approximate surface area is 184 Å². The van der Waals surface area contributed by atoms with E-state index in [-0.39, 0.29) is 18.1 Å². The van der Waals surface area contributed by atoms with Crippen LogP contribution in [0.2, 0.25) is 0 Å². The van der Waals surface area contributed by atoms with Gasteiger partial charge in [0, 0.05) is 5.56 Å². The molecule has 8 nitrogen and oxygen atoms in total. The first-order valence-corrected chi connectivity index (χ1v) is 9.86. The van der Waals surface area contributed by atoms with Gasteiger partial charge in [-0.1, -0.05) is 60.7 Å². The highest BCUT2D eigenvalue weighted by atomic mass is 16.5. The molecule has 3 rings (SSSR count). The zero-order chi connectivity index (χ0) is 23.1. The van der Waals surface area contributed by atoms with Gasteiger partial charge in [0.2, 0.25) is 6.29 Å². The minimum atomic E-state index is -1.32. The van der Waals surface area contributed by atoms with Gasteiger partial charge in [-0.3, -0.25) is 19.5 Å². The molecule has 163 valence electrons. The highest BCUT2D eigenvalue weighted by Crippen LogP contribution is 2.30. The summed E-state index contributed by atoms with van der Waals surface area (Å²) in [7, 11) is 0. The largest absolute Gasteiger partial charge is 0.444 e. The van der Waals surface area contributed by atoms with Crippen LogP contribution in [0.1, 0.15) is 25.5 Å². The number of aromatic nitrogens is 2. The maximum atomic E-state index is 13.3. The average molecular weight is 432 g/mol. The van der Waals surface area contributed by atoms with Gasteiger partial charge in [-0.25, -0.2) is 9.78 Å². The number of nitrogens with zero attached hydrogens (tertiary/aromatic N) is 2. The average Bonchev–Trinajstić information content (AvgIpc) is 2.81. The Bertz CT molecular complexity index is 1160. The molecule has 0 bridgehead atoms. The zero-order valence-corrected chi connectivity index (χ0v) is 17.6. The van der Waals surface area contributed by atoms with E-state index in [4.69, 9.17) is 4.74 Å². The summed E-state index contributed by atoms with van der Waals surface area (Å²) in [5.41, 5.74) is -0.853. The third kappa shape index (κ3) is 4.97. The van der Waals surface area contributed by atoms with Gasteiger partial charge in [-0.05, 0) is 19.4 Å². The molecule has 1 N–H and O–H groups in total. The third-order valence-electron chi connectivity index (χ3n) is 4.88. The second-order valence-electron chi connectivity index (χ2n) is 7.63. The van der Waals surface area contributed by atoms with E-state index in [1.807, 2.05) is 24.5 Å². The molecule has 1 heterocycles. The quantitative estimate of drug-likeness (QED) is 0.546. The molecular weight excluding hydrogens is 410 g/mol. The second-order valence-corrected chi connectivity index (χ2v) is 7.63. The molecular formula is C24H22N3O5. The van der Waals surface area contributed by atoms with E-state index in [9.17, 15) is 19.2 Å². The molecule has 1 radical (unpaired) electrons. The second kappa shape index (κ2) is 9.82. The maximum Gasteiger partial charge on any atom is 0.412 e. The van der Waals surface area contributed by atoms with Crippen LogP contribution in [-0.4, -0.2) is 28.2 Å². The molecule has 1 amide bonds. The van der Waals surface area contributed by atoms with Crippen molar-refractivity contribution in [2.45, 2.75) is 26.5 Å². The first-order chi connectivity index (χ1) is 15.4. The molecule has 2 aromatic carbocycles. The lowest BCUT2D eigenvalue weighted by Gasteiger charge is -2.27. The van der Waals surface area contributed by atoms with Gasteiger partial charge in [0.1, 0.15) is 30.4 Å². The van der Waals surface area contributed by atoms with Crippen molar-refractivity contribution < 1.29 is 19.1 Å². The Morgan fingerprint density at radius 3 is 2.38 bits per heavy atom. The van der Waals surface area contributed by atoms with Gasteiger partial charge in [-0.2, -0.15) is 0 Å². The van der Waals surface area contributed by atoms with Crippen molar-refractivity contribution in [2.24, 2.45) is 5.41 Å². The van der Waals surface area contributed by atoms with Crippen LogP contribution in [0.5, 0.6) is 0 Å². The highest BCUT2D eigenvalue weighted by molar-refractivity contribution is 5.84. The molecule has 0 fully saturated rings. The number of ether oxygens (including phenoxy) is 1. The van der Waals surface area contributed by atoms with Gasteiger partial charge in [0.15, 0.2) is 0 Å². The predicted molar refractivity (Wildman–Crippen MR) is 119 cm³/mol. The van der Waals surface area contributed by atoms with Gasteiger partial charge in [-0.15, -0.1) is 0 Å². The number of anilines is 1. The standard InChI is InChI=1S/C24H22N3O5/c1-24(2,16-29)20(14-28)27-21(18-11-7-4-8-12-18)25-13-19(22(27)30)26-23(31)32-15-17-9-5-3-6-10-17/h3-14,20H,15H2,1-2H3,(H,26,31). The van der Waals surface area contributed by atoms with Crippen LogP contribution >= 0.6 is 0 Å². The number of hydrogen-bond donors (Lipinski definition) is 1. The summed E-state index contributed by atoms with van der Waals surface area (Å²) >= 11 is 0. The van der Waals surface area contributed by atoms with Crippen LogP contribution in [-0.2, 0) is 20.9 Å². The summed E-state index contributed by atoms with van der Waals surface area (Å²) in [6.07, 6.45) is 2.66. The molecule has 1 unspecified atom stereocenters. The molecule has 0 spiro atoms. The lowest BCUT2D eigenvalue weighted by atomic mass is 9.86. The summed E-state index contributed by atoms with van der Waals surface area (Å²) in [5, 5.41) is 2.38. The van der Waals surface area contributed by atoms with Crippen molar-refractivity contribution in [3.63, 3.8) is 0 Å². The molecule has 0 saturated carbocycles. The highest BCUT2D eigenvalue weighted by Gasteiger charge is 2.35. The lowest BCUT2D eigenvalue weighted by Crippen LogP contribution is -2.39. The van der Waals surface area contributed by atoms with Gasteiger partial charge < -0.3 is 9.53 Å². The van der Waals surface area contributed by atoms with Crippen LogP contribution in [0.15, 0.2) is 71.7 Å². The fraction of sp³-hybridized carbons (Fsp3) is 0.208. The lowest BCUT2D eigenvalue weighted by molar-refractivity contribution is -0.112. The smallest absolute Gasteiger partial charge is 0.412 e. The molecule has 0 saturated heterocycles. The Hall–Kier alpha value is -4.07. The summed E-state index contributed by atoms with van der Waals surface area (Å²) < 4.78 is 6.26. The minimum absolute atomic E-state index is 0.0144. The van der Waals surface area contributed by atoms with E-state index >= 15 is 0 Å².